The Bertz CT molecular complexity index is 822. The molecule has 2 aromatic carbocycles. The Balaban J connectivity index is 2.00. The molecule has 1 aliphatic heterocycles. The van der Waals surface area contributed by atoms with Crippen LogP contribution in [0.1, 0.15) is 5.56 Å². The number of halogens is 2. The number of hydrogen-bond acceptors (Lipinski definition) is 4. The molecule has 0 spiro atoms. The van der Waals surface area contributed by atoms with E-state index in [1.807, 2.05) is 0 Å². The van der Waals surface area contributed by atoms with Crippen LogP contribution in [0.5, 0.6) is 11.5 Å². The number of aliphatic imine (C=N–C) groups is 2. The molecule has 0 bridgehead atoms. The van der Waals surface area contributed by atoms with Gasteiger partial charge in [0, 0.05) is 24.7 Å². The summed E-state index contributed by atoms with van der Waals surface area (Å²) in [4.78, 5) is 8.10. The summed E-state index contributed by atoms with van der Waals surface area (Å²) in [5, 5.41) is 2.85. The number of amidine groups is 1. The lowest BCUT2D eigenvalue weighted by Crippen LogP contribution is -2.18. The van der Waals surface area contributed by atoms with E-state index in [0.29, 0.717) is 41.8 Å². The summed E-state index contributed by atoms with van der Waals surface area (Å²) < 4.78 is 38.0. The van der Waals surface area contributed by atoms with Crippen molar-refractivity contribution in [2.45, 2.75) is 0 Å². The molecule has 1 N–H and O–H groups in total. The second-order valence-corrected chi connectivity index (χ2v) is 4.99. The largest absolute Gasteiger partial charge is 0.486 e. The van der Waals surface area contributed by atoms with Crippen molar-refractivity contribution in [3.8, 4) is 11.5 Å². The number of ether oxygens (including phenoxy) is 2. The summed E-state index contributed by atoms with van der Waals surface area (Å²) in [5.74, 6) is 0.0875. The Morgan fingerprint density at radius 3 is 2.46 bits per heavy atom. The molecule has 0 amide bonds. The molecular formula is C17H15F2N3O2. The van der Waals surface area contributed by atoms with Crippen LogP contribution in [-0.4, -0.2) is 32.8 Å². The third-order valence-corrected chi connectivity index (χ3v) is 3.49. The Labute approximate surface area is 137 Å². The second kappa shape index (κ2) is 6.66. The molecule has 0 saturated carbocycles. The quantitative estimate of drug-likeness (QED) is 0.691. The zero-order valence-electron chi connectivity index (χ0n) is 13.0. The predicted octanol–water partition coefficient (Wildman–Crippen LogP) is 3.56. The third kappa shape index (κ3) is 3.05. The summed E-state index contributed by atoms with van der Waals surface area (Å²) in [6.07, 6.45) is 0. The molecule has 0 atom stereocenters. The first kappa shape index (κ1) is 15.9. The van der Waals surface area contributed by atoms with Crippen LogP contribution in [-0.2, 0) is 0 Å². The first-order valence-electron chi connectivity index (χ1n) is 7.22. The van der Waals surface area contributed by atoms with Crippen LogP contribution in [0.4, 0.5) is 20.2 Å². The summed E-state index contributed by atoms with van der Waals surface area (Å²) in [6, 6.07) is 6.65. The molecule has 1 aliphatic rings. The molecule has 2 aromatic rings. The van der Waals surface area contributed by atoms with Gasteiger partial charge in [0.15, 0.2) is 11.5 Å². The van der Waals surface area contributed by atoms with Gasteiger partial charge in [-0.15, -0.1) is 0 Å². The van der Waals surface area contributed by atoms with Gasteiger partial charge < -0.3 is 14.8 Å². The molecular weight excluding hydrogens is 316 g/mol. The number of fused-ring (bicyclic) bond motifs is 1. The van der Waals surface area contributed by atoms with Crippen LogP contribution >= 0.6 is 0 Å². The molecule has 7 heteroatoms. The van der Waals surface area contributed by atoms with Crippen LogP contribution in [0.3, 0.4) is 0 Å². The fourth-order valence-corrected chi connectivity index (χ4v) is 2.36. The highest BCUT2D eigenvalue weighted by molar-refractivity contribution is 6.11. The van der Waals surface area contributed by atoms with Gasteiger partial charge in [-0.1, -0.05) is 0 Å². The maximum Gasteiger partial charge on any atom is 0.163 e. The number of nitrogens with one attached hydrogen (secondary N) is 1. The molecule has 0 saturated heterocycles. The van der Waals surface area contributed by atoms with Gasteiger partial charge in [-0.25, -0.2) is 8.78 Å². The molecule has 0 aliphatic carbocycles. The lowest BCUT2D eigenvalue weighted by Gasteiger charge is -2.21. The molecule has 124 valence electrons. The lowest BCUT2D eigenvalue weighted by atomic mass is 10.1. The minimum absolute atomic E-state index is 0.0990. The molecule has 0 radical (unpaired) electrons. The van der Waals surface area contributed by atoms with Crippen molar-refractivity contribution in [1.82, 2.24) is 0 Å². The molecule has 5 nitrogen and oxygen atoms in total. The molecule has 24 heavy (non-hydrogen) atoms. The van der Waals surface area contributed by atoms with E-state index in [4.69, 9.17) is 9.47 Å². The summed E-state index contributed by atoms with van der Waals surface area (Å²) in [5.41, 5.74) is 1.18. The summed E-state index contributed by atoms with van der Waals surface area (Å²) in [7, 11) is 1.55. The SMILES string of the molecule is C=Nc1cc2c(cc1/C(=N\C)Nc1ccc(F)cc1F)OCCO2. The van der Waals surface area contributed by atoms with Crippen molar-refractivity contribution in [2.75, 3.05) is 25.6 Å². The highest BCUT2D eigenvalue weighted by Crippen LogP contribution is 2.37. The number of hydrogen-bond donors (Lipinski definition) is 1. The average molecular weight is 331 g/mol. The van der Waals surface area contributed by atoms with Gasteiger partial charge in [0.25, 0.3) is 0 Å². The van der Waals surface area contributed by atoms with Gasteiger partial charge in [-0.3, -0.25) is 9.98 Å². The number of nitrogens with zero attached hydrogens (tertiary/aromatic N) is 2. The van der Waals surface area contributed by atoms with E-state index in [0.717, 1.165) is 12.1 Å². The fraction of sp³-hybridized carbons (Fsp3) is 0.176. The second-order valence-electron chi connectivity index (χ2n) is 4.99. The van der Waals surface area contributed by atoms with E-state index >= 15 is 0 Å². The maximum absolute atomic E-state index is 13.9. The Morgan fingerprint density at radius 1 is 1.12 bits per heavy atom. The van der Waals surface area contributed by atoms with Crippen molar-refractivity contribution in [1.29, 1.82) is 0 Å². The first-order valence-corrected chi connectivity index (χ1v) is 7.22. The van der Waals surface area contributed by atoms with Crippen LogP contribution in [0.25, 0.3) is 0 Å². The Kier molecular flexibility index (Phi) is 4.41. The van der Waals surface area contributed by atoms with E-state index < -0.39 is 11.6 Å². The smallest absolute Gasteiger partial charge is 0.163 e. The van der Waals surface area contributed by atoms with Crippen molar-refractivity contribution in [2.24, 2.45) is 9.98 Å². The highest BCUT2D eigenvalue weighted by atomic mass is 19.1. The van der Waals surface area contributed by atoms with E-state index in [-0.39, 0.29) is 5.69 Å². The van der Waals surface area contributed by atoms with Gasteiger partial charge in [0.05, 0.1) is 11.4 Å². The predicted molar refractivity (Wildman–Crippen MR) is 89.1 cm³/mol. The maximum atomic E-state index is 13.9. The first-order chi connectivity index (χ1) is 11.6. The Hall–Kier alpha value is -2.96. The molecule has 3 rings (SSSR count). The van der Waals surface area contributed by atoms with E-state index in [9.17, 15) is 8.78 Å². The zero-order chi connectivity index (χ0) is 17.1. The van der Waals surface area contributed by atoms with Crippen molar-refractivity contribution >= 4 is 23.9 Å². The van der Waals surface area contributed by atoms with Crippen molar-refractivity contribution < 1.29 is 18.3 Å². The normalized spacial score (nSPS) is 13.5. The summed E-state index contributed by atoms with van der Waals surface area (Å²) >= 11 is 0. The minimum atomic E-state index is -0.721. The van der Waals surface area contributed by atoms with Gasteiger partial charge in [0.2, 0.25) is 0 Å². The van der Waals surface area contributed by atoms with Crippen LogP contribution in [0, 0.1) is 11.6 Å². The standard InChI is InChI=1S/C17H15F2N3O2/c1-20-14-9-16-15(23-5-6-24-16)8-11(14)17(21-2)22-13-4-3-10(18)7-12(13)19/h3-4,7-9H,1,5-6H2,2H3,(H,21,22). The average Bonchev–Trinajstić information content (AvgIpc) is 2.60. The van der Waals surface area contributed by atoms with Gasteiger partial charge >= 0.3 is 0 Å². The minimum Gasteiger partial charge on any atom is -0.486 e. The lowest BCUT2D eigenvalue weighted by molar-refractivity contribution is 0.171. The number of anilines is 1. The topological polar surface area (TPSA) is 55.2 Å². The molecule has 1 heterocycles. The van der Waals surface area contributed by atoms with Crippen LogP contribution in [0.15, 0.2) is 40.3 Å². The van der Waals surface area contributed by atoms with Crippen molar-refractivity contribution in [3.05, 3.63) is 47.5 Å². The molecule has 0 unspecified atom stereocenters. The van der Waals surface area contributed by atoms with Crippen LogP contribution < -0.4 is 14.8 Å². The van der Waals surface area contributed by atoms with Gasteiger partial charge in [-0.05, 0) is 24.9 Å². The van der Waals surface area contributed by atoms with E-state index in [1.54, 1.807) is 19.2 Å². The Morgan fingerprint density at radius 2 is 1.83 bits per heavy atom. The fourth-order valence-electron chi connectivity index (χ4n) is 2.36. The van der Waals surface area contributed by atoms with Crippen LogP contribution in [0.2, 0.25) is 0 Å². The third-order valence-electron chi connectivity index (χ3n) is 3.49. The van der Waals surface area contributed by atoms with Gasteiger partial charge in [0.1, 0.15) is 30.7 Å². The number of benzene rings is 2. The van der Waals surface area contributed by atoms with Gasteiger partial charge in [-0.2, -0.15) is 0 Å². The monoisotopic (exact) mass is 331 g/mol. The number of rotatable bonds is 3. The zero-order valence-corrected chi connectivity index (χ0v) is 13.0. The highest BCUT2D eigenvalue weighted by Gasteiger charge is 2.19. The van der Waals surface area contributed by atoms with Crippen molar-refractivity contribution in [3.63, 3.8) is 0 Å². The molecule has 0 aromatic heterocycles. The van der Waals surface area contributed by atoms with E-state index in [1.165, 1.54) is 6.07 Å². The molecule has 0 fully saturated rings. The van der Waals surface area contributed by atoms with E-state index in [2.05, 4.69) is 22.0 Å². The summed E-state index contributed by atoms with van der Waals surface area (Å²) in [6.45, 7) is 4.43.